The molecule has 0 atom stereocenters. The number of carbonyl (C=O) groups is 2. The van der Waals surface area contributed by atoms with Gasteiger partial charge in [0.25, 0.3) is 0 Å². The van der Waals surface area contributed by atoms with Gasteiger partial charge in [-0.15, -0.1) is 11.3 Å². The number of hydrogen-bond donors (Lipinski definition) is 2. The fraction of sp³-hybridized carbons (Fsp3) is 0.667. The molecule has 0 saturated carbocycles. The van der Waals surface area contributed by atoms with Crippen LogP contribution in [0.1, 0.15) is 12.8 Å². The summed E-state index contributed by atoms with van der Waals surface area (Å²) in [6, 6.07) is 0. The molecule has 1 aromatic rings. The van der Waals surface area contributed by atoms with Crippen molar-refractivity contribution in [1.82, 2.24) is 14.8 Å². The van der Waals surface area contributed by atoms with Crippen LogP contribution >= 0.6 is 11.3 Å². The van der Waals surface area contributed by atoms with E-state index >= 15 is 0 Å². The maximum absolute atomic E-state index is 12.2. The Morgan fingerprint density at radius 3 is 2.58 bits per heavy atom. The third kappa shape index (κ3) is 3.75. The van der Waals surface area contributed by atoms with Crippen LogP contribution in [0.3, 0.4) is 0 Å². The lowest BCUT2D eigenvalue weighted by Crippen LogP contribution is -2.64. The molecule has 3 rings (SSSR count). The zero-order valence-electron chi connectivity index (χ0n) is 13.6. The summed E-state index contributed by atoms with van der Waals surface area (Å²) >= 11 is 1.39. The van der Waals surface area contributed by atoms with Gasteiger partial charge in [-0.2, -0.15) is 0 Å². The zero-order chi connectivity index (χ0) is 17.0. The molecule has 2 fully saturated rings. The highest BCUT2D eigenvalue weighted by Gasteiger charge is 2.45. The summed E-state index contributed by atoms with van der Waals surface area (Å²) in [6.45, 7) is 4.37. The minimum absolute atomic E-state index is 0.0807. The van der Waals surface area contributed by atoms with Crippen LogP contribution in [0.2, 0.25) is 0 Å². The molecule has 8 nitrogen and oxygen atoms in total. The van der Waals surface area contributed by atoms with E-state index < -0.39 is 5.54 Å². The van der Waals surface area contributed by atoms with E-state index in [9.17, 15) is 9.59 Å². The van der Waals surface area contributed by atoms with Gasteiger partial charge in [0.05, 0.1) is 19.8 Å². The summed E-state index contributed by atoms with van der Waals surface area (Å²) in [5.41, 5.74) is 5.14. The topological polar surface area (TPSA) is 101 Å². The predicted molar refractivity (Wildman–Crippen MR) is 90.7 cm³/mol. The van der Waals surface area contributed by atoms with E-state index in [0.29, 0.717) is 50.8 Å². The van der Waals surface area contributed by atoms with Gasteiger partial charge in [-0.1, -0.05) is 0 Å². The van der Waals surface area contributed by atoms with E-state index in [-0.39, 0.29) is 11.8 Å². The largest absolute Gasteiger partial charge is 0.379 e. The van der Waals surface area contributed by atoms with Crippen LogP contribution in [0.25, 0.3) is 0 Å². The van der Waals surface area contributed by atoms with Crippen LogP contribution in [0.5, 0.6) is 0 Å². The molecule has 1 aromatic heterocycles. The third-order valence-electron chi connectivity index (χ3n) is 4.80. The number of nitrogens with two attached hydrogens (primary N) is 1. The number of rotatable bonds is 5. The van der Waals surface area contributed by atoms with Crippen LogP contribution in [0.15, 0.2) is 11.6 Å². The van der Waals surface area contributed by atoms with E-state index in [1.54, 1.807) is 6.20 Å². The Labute approximate surface area is 145 Å². The van der Waals surface area contributed by atoms with Crippen molar-refractivity contribution in [2.75, 3.05) is 51.3 Å². The van der Waals surface area contributed by atoms with Gasteiger partial charge in [0, 0.05) is 37.8 Å². The second-order valence-corrected chi connectivity index (χ2v) is 7.05. The minimum atomic E-state index is -0.605. The summed E-state index contributed by atoms with van der Waals surface area (Å²) in [7, 11) is 0. The molecule has 24 heavy (non-hydrogen) atoms. The molecule has 0 unspecified atom stereocenters. The second kappa shape index (κ2) is 7.56. The van der Waals surface area contributed by atoms with E-state index in [1.165, 1.54) is 11.3 Å². The van der Waals surface area contributed by atoms with Crippen molar-refractivity contribution in [2.24, 2.45) is 5.73 Å². The predicted octanol–water partition coefficient (Wildman–Crippen LogP) is -0.266. The van der Waals surface area contributed by atoms with Gasteiger partial charge in [0.2, 0.25) is 11.8 Å². The normalized spacial score (nSPS) is 22.2. The summed E-state index contributed by atoms with van der Waals surface area (Å²) < 4.78 is 5.38. The van der Waals surface area contributed by atoms with Crippen molar-refractivity contribution in [3.05, 3.63) is 11.6 Å². The SMILES string of the molecule is NC(=O)C1(N2CCOCC2)CCN(CC(=O)Nc2nccs2)CC1. The molecule has 9 heteroatoms. The monoisotopic (exact) mass is 353 g/mol. The van der Waals surface area contributed by atoms with Gasteiger partial charge >= 0.3 is 0 Å². The van der Waals surface area contributed by atoms with Gasteiger partial charge in [-0.25, -0.2) is 4.98 Å². The fourth-order valence-corrected chi connectivity index (χ4v) is 3.98. The first kappa shape index (κ1) is 17.3. The van der Waals surface area contributed by atoms with Crippen molar-refractivity contribution in [3.8, 4) is 0 Å². The molecule has 3 N–H and O–H groups in total. The Morgan fingerprint density at radius 2 is 2.00 bits per heavy atom. The highest BCUT2D eigenvalue weighted by atomic mass is 32.1. The summed E-state index contributed by atoms with van der Waals surface area (Å²) in [4.78, 5) is 32.5. The number of primary amides is 1. The number of nitrogens with one attached hydrogen (secondary N) is 1. The molecule has 3 heterocycles. The Morgan fingerprint density at radius 1 is 1.29 bits per heavy atom. The first-order valence-corrected chi connectivity index (χ1v) is 9.02. The van der Waals surface area contributed by atoms with Crippen molar-refractivity contribution in [2.45, 2.75) is 18.4 Å². The number of hydrogen-bond acceptors (Lipinski definition) is 7. The third-order valence-corrected chi connectivity index (χ3v) is 5.49. The number of piperidine rings is 1. The van der Waals surface area contributed by atoms with Crippen LogP contribution in [-0.4, -0.2) is 78.1 Å². The molecule has 2 saturated heterocycles. The molecule has 0 bridgehead atoms. The van der Waals surface area contributed by atoms with Gasteiger partial charge in [-0.05, 0) is 12.8 Å². The van der Waals surface area contributed by atoms with E-state index in [1.807, 2.05) is 5.38 Å². The van der Waals surface area contributed by atoms with E-state index in [2.05, 4.69) is 20.1 Å². The zero-order valence-corrected chi connectivity index (χ0v) is 14.4. The first-order valence-electron chi connectivity index (χ1n) is 8.14. The number of aromatic nitrogens is 1. The summed E-state index contributed by atoms with van der Waals surface area (Å²) in [5, 5.41) is 5.21. The Balaban J connectivity index is 1.55. The number of likely N-dealkylation sites (tertiary alicyclic amines) is 1. The highest BCUT2D eigenvalue weighted by molar-refractivity contribution is 7.13. The van der Waals surface area contributed by atoms with Gasteiger partial charge in [-0.3, -0.25) is 19.4 Å². The standard InChI is InChI=1S/C15H23N5O3S/c16-13(22)15(20-6-8-23-9-7-20)1-4-19(5-2-15)11-12(21)18-14-17-3-10-24-14/h3,10H,1-2,4-9,11H2,(H2,16,22)(H,17,18,21). The summed E-state index contributed by atoms with van der Waals surface area (Å²) in [5.74, 6) is -0.348. The maximum Gasteiger partial charge on any atom is 0.240 e. The highest BCUT2D eigenvalue weighted by Crippen LogP contribution is 2.29. The Bertz CT molecular complexity index is 566. The van der Waals surface area contributed by atoms with Crippen molar-refractivity contribution in [1.29, 1.82) is 0 Å². The number of amides is 2. The Kier molecular flexibility index (Phi) is 5.44. The van der Waals surface area contributed by atoms with E-state index in [0.717, 1.165) is 13.1 Å². The molecule has 0 spiro atoms. The molecular weight excluding hydrogens is 330 g/mol. The maximum atomic E-state index is 12.2. The van der Waals surface area contributed by atoms with Gasteiger partial charge < -0.3 is 15.8 Å². The van der Waals surface area contributed by atoms with Crippen LogP contribution in [0, 0.1) is 0 Å². The smallest absolute Gasteiger partial charge is 0.240 e. The van der Waals surface area contributed by atoms with Crippen molar-refractivity contribution >= 4 is 28.3 Å². The number of carbonyl (C=O) groups excluding carboxylic acids is 2. The number of ether oxygens (including phenoxy) is 1. The summed E-state index contributed by atoms with van der Waals surface area (Å²) in [6.07, 6.45) is 2.95. The molecule has 0 radical (unpaired) electrons. The molecule has 2 amide bonds. The van der Waals surface area contributed by atoms with Gasteiger partial charge in [0.15, 0.2) is 5.13 Å². The average Bonchev–Trinajstić information content (AvgIpc) is 3.09. The van der Waals surface area contributed by atoms with E-state index in [4.69, 9.17) is 10.5 Å². The quantitative estimate of drug-likeness (QED) is 0.756. The number of nitrogens with zero attached hydrogens (tertiary/aromatic N) is 3. The van der Waals surface area contributed by atoms with Gasteiger partial charge in [0.1, 0.15) is 5.54 Å². The lowest BCUT2D eigenvalue weighted by molar-refractivity contribution is -0.138. The number of anilines is 1. The average molecular weight is 353 g/mol. The molecule has 0 aliphatic carbocycles. The lowest BCUT2D eigenvalue weighted by Gasteiger charge is -2.47. The molecule has 2 aliphatic heterocycles. The molecular formula is C15H23N5O3S. The van der Waals surface area contributed by atoms with Crippen molar-refractivity contribution in [3.63, 3.8) is 0 Å². The second-order valence-electron chi connectivity index (χ2n) is 6.16. The molecule has 2 aliphatic rings. The van der Waals surface area contributed by atoms with Crippen LogP contribution in [0.4, 0.5) is 5.13 Å². The van der Waals surface area contributed by atoms with Crippen LogP contribution < -0.4 is 11.1 Å². The minimum Gasteiger partial charge on any atom is -0.379 e. The van der Waals surface area contributed by atoms with Crippen molar-refractivity contribution < 1.29 is 14.3 Å². The molecule has 132 valence electrons. The lowest BCUT2D eigenvalue weighted by atomic mass is 9.84. The fourth-order valence-electron chi connectivity index (χ4n) is 3.44. The molecule has 0 aromatic carbocycles. The number of thiazole rings is 1. The Hall–Kier alpha value is -1.55. The number of morpholine rings is 1. The van der Waals surface area contributed by atoms with Crippen LogP contribution in [-0.2, 0) is 14.3 Å². The first-order chi connectivity index (χ1) is 11.6.